The quantitative estimate of drug-likeness (QED) is 0.633. The number of halogens is 1. The molecule has 0 aliphatic heterocycles. The maximum atomic E-state index is 12.2. The normalized spacial score (nSPS) is 10.1. The molecule has 0 saturated carbocycles. The Balaban J connectivity index is 2.24. The number of ether oxygens (including phenoxy) is 1. The summed E-state index contributed by atoms with van der Waals surface area (Å²) in [7, 11) is 1.33. The van der Waals surface area contributed by atoms with Crippen LogP contribution in [0.2, 0.25) is 0 Å². The first kappa shape index (κ1) is 14.5. The van der Waals surface area contributed by atoms with E-state index >= 15 is 0 Å². The van der Waals surface area contributed by atoms with Gasteiger partial charge in [0.1, 0.15) is 0 Å². The van der Waals surface area contributed by atoms with Crippen molar-refractivity contribution in [2.24, 2.45) is 0 Å². The van der Waals surface area contributed by atoms with Gasteiger partial charge in [-0.2, -0.15) is 0 Å². The Bertz CT molecular complexity index is 632. The van der Waals surface area contributed by atoms with E-state index in [0.29, 0.717) is 16.7 Å². The van der Waals surface area contributed by atoms with Crippen LogP contribution in [0.3, 0.4) is 0 Å². The lowest BCUT2D eigenvalue weighted by atomic mass is 9.99. The van der Waals surface area contributed by atoms with Gasteiger partial charge in [0.05, 0.1) is 12.7 Å². The highest BCUT2D eigenvalue weighted by Gasteiger charge is 2.14. The summed E-state index contributed by atoms with van der Waals surface area (Å²) >= 11 is 3.33. The zero-order valence-electron chi connectivity index (χ0n) is 10.9. The fourth-order valence-corrected chi connectivity index (χ4v) is 2.16. The molecule has 2 rings (SSSR count). The number of Topliss-reactive ketones (excluding diaryl/α,β-unsaturated/α-hetero) is 1. The summed E-state index contributed by atoms with van der Waals surface area (Å²) in [5, 5.41) is 0. The Kier molecular flexibility index (Phi) is 4.69. The van der Waals surface area contributed by atoms with Gasteiger partial charge >= 0.3 is 5.97 Å². The number of esters is 1. The lowest BCUT2D eigenvalue weighted by molar-refractivity contribution is 0.0599. The Hall–Kier alpha value is -1.94. The predicted octanol–water partition coefficient (Wildman–Crippen LogP) is 3.66. The number of hydrogen-bond acceptors (Lipinski definition) is 3. The van der Waals surface area contributed by atoms with Crippen LogP contribution in [0.4, 0.5) is 0 Å². The third-order valence-corrected chi connectivity index (χ3v) is 3.47. The molecule has 20 heavy (non-hydrogen) atoms. The zero-order chi connectivity index (χ0) is 14.5. The van der Waals surface area contributed by atoms with Crippen molar-refractivity contribution in [1.82, 2.24) is 0 Å². The van der Waals surface area contributed by atoms with E-state index in [1.807, 2.05) is 12.1 Å². The van der Waals surface area contributed by atoms with Crippen LogP contribution < -0.4 is 0 Å². The minimum absolute atomic E-state index is 0.0335. The third-order valence-electron chi connectivity index (χ3n) is 2.94. The van der Waals surface area contributed by atoms with Gasteiger partial charge in [0, 0.05) is 16.5 Å². The first-order valence-electron chi connectivity index (χ1n) is 6.07. The van der Waals surface area contributed by atoms with E-state index in [1.54, 1.807) is 36.4 Å². The molecule has 102 valence electrons. The van der Waals surface area contributed by atoms with E-state index in [2.05, 4.69) is 15.9 Å². The summed E-state index contributed by atoms with van der Waals surface area (Å²) in [6.45, 7) is 0. The SMILES string of the molecule is COC(=O)c1ccccc1CC(=O)c1ccc(Br)cc1. The predicted molar refractivity (Wildman–Crippen MR) is 80.0 cm³/mol. The summed E-state index contributed by atoms with van der Waals surface area (Å²) in [6.07, 6.45) is 0.174. The van der Waals surface area contributed by atoms with Gasteiger partial charge in [0.2, 0.25) is 0 Å². The topological polar surface area (TPSA) is 43.4 Å². The maximum Gasteiger partial charge on any atom is 0.338 e. The number of carbonyl (C=O) groups is 2. The summed E-state index contributed by atoms with van der Waals surface area (Å²) in [5.41, 5.74) is 1.72. The second kappa shape index (κ2) is 6.48. The summed E-state index contributed by atoms with van der Waals surface area (Å²) in [4.78, 5) is 23.9. The van der Waals surface area contributed by atoms with Crippen molar-refractivity contribution in [2.75, 3.05) is 7.11 Å². The summed E-state index contributed by atoms with van der Waals surface area (Å²) in [5.74, 6) is -0.460. The molecule has 4 heteroatoms. The highest BCUT2D eigenvalue weighted by molar-refractivity contribution is 9.10. The van der Waals surface area contributed by atoms with Crippen molar-refractivity contribution in [3.63, 3.8) is 0 Å². The highest BCUT2D eigenvalue weighted by Crippen LogP contribution is 2.16. The van der Waals surface area contributed by atoms with Crippen molar-refractivity contribution in [1.29, 1.82) is 0 Å². The van der Waals surface area contributed by atoms with E-state index < -0.39 is 5.97 Å². The number of ketones is 1. The van der Waals surface area contributed by atoms with Crippen molar-refractivity contribution in [3.05, 3.63) is 69.7 Å². The number of hydrogen-bond donors (Lipinski definition) is 0. The van der Waals surface area contributed by atoms with Gasteiger partial charge in [-0.25, -0.2) is 4.79 Å². The molecule has 3 nitrogen and oxygen atoms in total. The van der Waals surface area contributed by atoms with Crippen LogP contribution in [-0.4, -0.2) is 18.9 Å². The number of methoxy groups -OCH3 is 1. The van der Waals surface area contributed by atoms with E-state index in [4.69, 9.17) is 4.74 Å². The van der Waals surface area contributed by atoms with Gasteiger partial charge in [0.15, 0.2) is 5.78 Å². The Morgan fingerprint density at radius 2 is 1.70 bits per heavy atom. The van der Waals surface area contributed by atoms with Gasteiger partial charge in [-0.1, -0.05) is 46.3 Å². The van der Waals surface area contributed by atoms with E-state index in [1.165, 1.54) is 7.11 Å². The van der Waals surface area contributed by atoms with Crippen LogP contribution in [-0.2, 0) is 11.2 Å². The highest BCUT2D eigenvalue weighted by atomic mass is 79.9. The monoisotopic (exact) mass is 332 g/mol. The number of carbonyl (C=O) groups excluding carboxylic acids is 2. The third kappa shape index (κ3) is 3.33. The van der Waals surface area contributed by atoms with Gasteiger partial charge in [-0.05, 0) is 23.8 Å². The average molecular weight is 333 g/mol. The van der Waals surface area contributed by atoms with Crippen molar-refractivity contribution in [3.8, 4) is 0 Å². The van der Waals surface area contributed by atoms with Crippen LogP contribution in [0, 0.1) is 0 Å². The second-order valence-electron chi connectivity index (χ2n) is 4.26. The summed E-state index contributed by atoms with van der Waals surface area (Å²) < 4.78 is 5.64. The van der Waals surface area contributed by atoms with Gasteiger partial charge < -0.3 is 4.74 Å². The number of rotatable bonds is 4. The molecule has 0 aliphatic carbocycles. The van der Waals surface area contributed by atoms with Gasteiger partial charge in [-0.15, -0.1) is 0 Å². The molecule has 0 amide bonds. The standard InChI is InChI=1S/C16H13BrO3/c1-20-16(19)14-5-3-2-4-12(14)10-15(18)11-6-8-13(17)9-7-11/h2-9H,10H2,1H3. The molecule has 0 fully saturated rings. The number of benzene rings is 2. The minimum atomic E-state index is -0.427. The Labute approximate surface area is 125 Å². The molecule has 2 aromatic rings. The Morgan fingerprint density at radius 1 is 1.05 bits per heavy atom. The molecule has 0 aromatic heterocycles. The maximum absolute atomic E-state index is 12.2. The van der Waals surface area contributed by atoms with E-state index in [0.717, 1.165) is 4.47 Å². The molecule has 0 saturated heterocycles. The Morgan fingerprint density at radius 3 is 2.35 bits per heavy atom. The molecule has 2 aromatic carbocycles. The lowest BCUT2D eigenvalue weighted by Crippen LogP contribution is -2.10. The molecule has 0 bridgehead atoms. The van der Waals surface area contributed by atoms with Crippen LogP contribution in [0.1, 0.15) is 26.3 Å². The molecular formula is C16H13BrO3. The van der Waals surface area contributed by atoms with Crippen molar-refractivity contribution < 1.29 is 14.3 Å². The second-order valence-corrected chi connectivity index (χ2v) is 5.17. The van der Waals surface area contributed by atoms with Crippen LogP contribution in [0.5, 0.6) is 0 Å². The van der Waals surface area contributed by atoms with Crippen LogP contribution in [0.25, 0.3) is 0 Å². The first-order chi connectivity index (χ1) is 9.61. The molecular weight excluding hydrogens is 320 g/mol. The largest absolute Gasteiger partial charge is 0.465 e. The van der Waals surface area contributed by atoms with Gasteiger partial charge in [0.25, 0.3) is 0 Å². The minimum Gasteiger partial charge on any atom is -0.465 e. The van der Waals surface area contributed by atoms with E-state index in [9.17, 15) is 9.59 Å². The van der Waals surface area contributed by atoms with Gasteiger partial charge in [-0.3, -0.25) is 4.79 Å². The van der Waals surface area contributed by atoms with Crippen LogP contribution >= 0.6 is 15.9 Å². The fourth-order valence-electron chi connectivity index (χ4n) is 1.89. The zero-order valence-corrected chi connectivity index (χ0v) is 12.5. The molecule has 0 atom stereocenters. The smallest absolute Gasteiger partial charge is 0.338 e. The molecule has 0 spiro atoms. The lowest BCUT2D eigenvalue weighted by Gasteiger charge is -2.07. The van der Waals surface area contributed by atoms with Crippen molar-refractivity contribution >= 4 is 27.7 Å². The fraction of sp³-hybridized carbons (Fsp3) is 0.125. The van der Waals surface area contributed by atoms with Crippen LogP contribution in [0.15, 0.2) is 53.0 Å². The summed E-state index contributed by atoms with van der Waals surface area (Å²) in [6, 6.07) is 14.1. The molecule has 0 unspecified atom stereocenters. The van der Waals surface area contributed by atoms with Crippen molar-refractivity contribution in [2.45, 2.75) is 6.42 Å². The molecule has 0 aliphatic rings. The van der Waals surface area contributed by atoms with E-state index in [-0.39, 0.29) is 12.2 Å². The first-order valence-corrected chi connectivity index (χ1v) is 6.86. The molecule has 0 heterocycles. The average Bonchev–Trinajstić information content (AvgIpc) is 2.47. The molecule has 0 radical (unpaired) electrons. The molecule has 0 N–H and O–H groups in total.